The Bertz CT molecular complexity index is 1010. The van der Waals surface area contributed by atoms with Gasteiger partial charge in [0, 0.05) is 16.6 Å². The first-order chi connectivity index (χ1) is 12.8. The minimum Gasteiger partial charge on any atom is -0.464 e. The van der Waals surface area contributed by atoms with Crippen molar-refractivity contribution in [1.29, 1.82) is 0 Å². The van der Waals surface area contributed by atoms with Gasteiger partial charge in [-0.15, -0.1) is 0 Å². The molecule has 1 N–H and O–H groups in total. The molecular formula is C21H20FNO4. The maximum atomic E-state index is 13.2. The number of aryl methyl sites for hydroxylation is 2. The fraction of sp³-hybridized carbons (Fsp3) is 0.238. The van der Waals surface area contributed by atoms with Crippen LogP contribution in [0.4, 0.5) is 10.1 Å². The number of hydrogen-bond acceptors (Lipinski definition) is 4. The van der Waals surface area contributed by atoms with E-state index in [1.807, 2.05) is 26.0 Å². The fourth-order valence-electron chi connectivity index (χ4n) is 2.78. The van der Waals surface area contributed by atoms with E-state index >= 15 is 0 Å². The van der Waals surface area contributed by atoms with Crippen LogP contribution in [0.1, 0.15) is 23.6 Å². The molecule has 0 saturated carbocycles. The normalized spacial score (nSPS) is 12.0. The average molecular weight is 369 g/mol. The number of amides is 1. The summed E-state index contributed by atoms with van der Waals surface area (Å²) in [5.41, 5.74) is 3.88. The molecule has 27 heavy (non-hydrogen) atoms. The van der Waals surface area contributed by atoms with Gasteiger partial charge in [-0.25, -0.2) is 4.39 Å². The zero-order chi connectivity index (χ0) is 19.6. The van der Waals surface area contributed by atoms with E-state index in [0.29, 0.717) is 11.3 Å². The number of anilines is 1. The van der Waals surface area contributed by atoms with Gasteiger partial charge < -0.3 is 14.5 Å². The summed E-state index contributed by atoms with van der Waals surface area (Å²) in [7, 11) is 0. The fourth-order valence-corrected chi connectivity index (χ4v) is 2.78. The van der Waals surface area contributed by atoms with E-state index in [1.54, 1.807) is 6.07 Å². The molecule has 5 nitrogen and oxygen atoms in total. The molecule has 0 saturated heterocycles. The van der Waals surface area contributed by atoms with E-state index in [4.69, 9.17) is 9.15 Å². The van der Waals surface area contributed by atoms with Crippen LogP contribution in [-0.2, 0) is 20.7 Å². The Morgan fingerprint density at radius 3 is 2.74 bits per heavy atom. The summed E-state index contributed by atoms with van der Waals surface area (Å²) in [6.45, 7) is 5.42. The van der Waals surface area contributed by atoms with Crippen LogP contribution in [0.15, 0.2) is 47.1 Å². The number of nitrogens with one attached hydrogen (secondary N) is 1. The van der Waals surface area contributed by atoms with Gasteiger partial charge >= 0.3 is 5.97 Å². The number of carbonyl (C=O) groups is 2. The first-order valence-corrected chi connectivity index (χ1v) is 8.57. The van der Waals surface area contributed by atoms with Gasteiger partial charge in [-0.05, 0) is 50.1 Å². The minimum atomic E-state index is -1.01. The van der Waals surface area contributed by atoms with Gasteiger partial charge in [0.05, 0.1) is 12.7 Å². The highest BCUT2D eigenvalue weighted by Crippen LogP contribution is 2.27. The third-order valence-electron chi connectivity index (χ3n) is 4.45. The molecule has 0 unspecified atom stereocenters. The van der Waals surface area contributed by atoms with Crippen molar-refractivity contribution in [2.75, 3.05) is 5.32 Å². The van der Waals surface area contributed by atoms with Gasteiger partial charge in [-0.2, -0.15) is 0 Å². The van der Waals surface area contributed by atoms with Gasteiger partial charge in [0.15, 0.2) is 6.10 Å². The summed E-state index contributed by atoms with van der Waals surface area (Å²) in [6.07, 6.45) is 0.519. The van der Waals surface area contributed by atoms with Gasteiger partial charge in [0.25, 0.3) is 5.91 Å². The molecule has 0 bridgehead atoms. The molecule has 3 aromatic rings. The van der Waals surface area contributed by atoms with Crippen LogP contribution in [-0.4, -0.2) is 18.0 Å². The van der Waals surface area contributed by atoms with Crippen molar-refractivity contribution in [3.05, 3.63) is 65.2 Å². The van der Waals surface area contributed by atoms with E-state index in [1.165, 1.54) is 31.4 Å². The molecule has 0 radical (unpaired) electrons. The molecule has 140 valence electrons. The van der Waals surface area contributed by atoms with Crippen molar-refractivity contribution >= 4 is 28.5 Å². The Hall–Kier alpha value is -3.15. The van der Waals surface area contributed by atoms with Crippen LogP contribution in [0.5, 0.6) is 0 Å². The zero-order valence-electron chi connectivity index (χ0n) is 15.3. The predicted molar refractivity (Wildman–Crippen MR) is 100.0 cm³/mol. The second-order valence-electron chi connectivity index (χ2n) is 6.45. The molecule has 0 fully saturated rings. The third-order valence-corrected chi connectivity index (χ3v) is 4.45. The summed E-state index contributed by atoms with van der Waals surface area (Å²) in [5.74, 6) is -1.54. The lowest BCUT2D eigenvalue weighted by Crippen LogP contribution is -2.30. The summed E-state index contributed by atoms with van der Waals surface area (Å²) in [6, 6.07) is 9.37. The molecule has 1 atom stereocenters. The largest absolute Gasteiger partial charge is 0.464 e. The summed E-state index contributed by atoms with van der Waals surface area (Å²) < 4.78 is 24.0. The third kappa shape index (κ3) is 4.16. The van der Waals surface area contributed by atoms with Crippen molar-refractivity contribution in [1.82, 2.24) is 0 Å². The van der Waals surface area contributed by atoms with E-state index in [0.717, 1.165) is 22.1 Å². The van der Waals surface area contributed by atoms with E-state index in [2.05, 4.69) is 5.32 Å². The summed E-state index contributed by atoms with van der Waals surface area (Å²) >= 11 is 0. The molecule has 3 rings (SSSR count). The van der Waals surface area contributed by atoms with Crippen LogP contribution in [0.25, 0.3) is 11.0 Å². The molecule has 2 aromatic carbocycles. The number of ether oxygens (including phenoxy) is 1. The summed E-state index contributed by atoms with van der Waals surface area (Å²) in [5, 5.41) is 3.37. The number of halogens is 1. The average Bonchev–Trinajstić information content (AvgIpc) is 3.01. The Kier molecular flexibility index (Phi) is 5.26. The first-order valence-electron chi connectivity index (χ1n) is 8.57. The first kappa shape index (κ1) is 18.6. The van der Waals surface area contributed by atoms with Gasteiger partial charge in [-0.3, -0.25) is 9.59 Å². The second kappa shape index (κ2) is 7.61. The number of carbonyl (C=O) groups excluding carboxylic acids is 2. The molecule has 0 aliphatic heterocycles. The molecule has 1 heterocycles. The molecular weight excluding hydrogens is 349 g/mol. The van der Waals surface area contributed by atoms with Crippen molar-refractivity contribution in [2.45, 2.75) is 33.3 Å². The van der Waals surface area contributed by atoms with E-state index in [-0.39, 0.29) is 6.42 Å². The van der Waals surface area contributed by atoms with Crippen molar-refractivity contribution in [3.63, 3.8) is 0 Å². The van der Waals surface area contributed by atoms with Crippen LogP contribution in [0, 0.1) is 19.7 Å². The molecule has 1 aromatic heterocycles. The predicted octanol–water partition coefficient (Wildman–Crippen LogP) is 4.30. The van der Waals surface area contributed by atoms with Crippen LogP contribution >= 0.6 is 0 Å². The van der Waals surface area contributed by atoms with Crippen molar-refractivity contribution in [2.24, 2.45) is 0 Å². The Balaban J connectivity index is 1.63. The molecule has 0 aliphatic carbocycles. The van der Waals surface area contributed by atoms with Crippen molar-refractivity contribution in [3.8, 4) is 0 Å². The van der Waals surface area contributed by atoms with Crippen LogP contribution < -0.4 is 5.32 Å². The SMILES string of the molecule is Cc1ccc2c(CC(=O)O[C@H](C)C(=O)Nc3cccc(F)c3)coc2c1C. The lowest BCUT2D eigenvalue weighted by molar-refractivity contribution is -0.152. The number of fused-ring (bicyclic) bond motifs is 1. The number of esters is 1. The number of hydrogen-bond donors (Lipinski definition) is 1. The Labute approximate surface area is 156 Å². The molecule has 1 amide bonds. The number of benzene rings is 2. The smallest absolute Gasteiger partial charge is 0.311 e. The molecule has 0 aliphatic rings. The molecule has 0 spiro atoms. The van der Waals surface area contributed by atoms with E-state index in [9.17, 15) is 14.0 Å². The zero-order valence-corrected chi connectivity index (χ0v) is 15.3. The highest BCUT2D eigenvalue weighted by atomic mass is 19.1. The summed E-state index contributed by atoms with van der Waals surface area (Å²) in [4.78, 5) is 24.4. The lowest BCUT2D eigenvalue weighted by atomic mass is 10.0. The number of rotatable bonds is 5. The Morgan fingerprint density at radius 2 is 2.00 bits per heavy atom. The maximum absolute atomic E-state index is 13.2. The van der Waals surface area contributed by atoms with E-state index < -0.39 is 23.8 Å². The molecule has 6 heteroatoms. The maximum Gasteiger partial charge on any atom is 0.311 e. The monoisotopic (exact) mass is 369 g/mol. The number of furan rings is 1. The second-order valence-corrected chi connectivity index (χ2v) is 6.45. The quantitative estimate of drug-likeness (QED) is 0.681. The minimum absolute atomic E-state index is 0.00686. The van der Waals surface area contributed by atoms with Gasteiger partial charge in [0.1, 0.15) is 11.4 Å². The lowest BCUT2D eigenvalue weighted by Gasteiger charge is -2.13. The standard InChI is InChI=1S/C21H20FNO4/c1-12-7-8-18-15(11-26-20(18)13(12)2)9-19(24)27-14(3)21(25)23-17-6-4-5-16(22)10-17/h4-8,10-11,14H,9H2,1-3H3,(H,23,25)/t14-/m1/s1. The highest BCUT2D eigenvalue weighted by molar-refractivity contribution is 5.95. The van der Waals surface area contributed by atoms with Gasteiger partial charge in [-0.1, -0.05) is 18.2 Å². The van der Waals surface area contributed by atoms with Gasteiger partial charge in [0.2, 0.25) is 0 Å². The van der Waals surface area contributed by atoms with Crippen molar-refractivity contribution < 1.29 is 23.1 Å². The highest BCUT2D eigenvalue weighted by Gasteiger charge is 2.20. The van der Waals surface area contributed by atoms with Crippen LogP contribution in [0.3, 0.4) is 0 Å². The van der Waals surface area contributed by atoms with Crippen LogP contribution in [0.2, 0.25) is 0 Å². The Morgan fingerprint density at radius 1 is 1.22 bits per heavy atom. The topological polar surface area (TPSA) is 68.5 Å².